The van der Waals surface area contributed by atoms with E-state index in [0.29, 0.717) is 30.2 Å². The van der Waals surface area contributed by atoms with Crippen molar-refractivity contribution < 1.29 is 31.1 Å². The van der Waals surface area contributed by atoms with Crippen LogP contribution in [0.2, 0.25) is 0 Å². The van der Waals surface area contributed by atoms with Gasteiger partial charge in [-0.25, -0.2) is 21.6 Å². The molecule has 0 aliphatic carbocycles. The van der Waals surface area contributed by atoms with Crippen LogP contribution in [-0.4, -0.2) is 46.3 Å². The molecule has 2 heterocycles. The summed E-state index contributed by atoms with van der Waals surface area (Å²) in [7, 11) is -0.951. The quantitative estimate of drug-likeness (QED) is 0.660. The first kappa shape index (κ1) is 22.7. The van der Waals surface area contributed by atoms with E-state index in [1.165, 1.54) is 26.4 Å². The van der Waals surface area contributed by atoms with Gasteiger partial charge in [0.1, 0.15) is 17.3 Å². The lowest BCUT2D eigenvalue weighted by atomic mass is 9.92. The number of ether oxygens (including phenoxy) is 2. The average molecular weight is 468 g/mol. The summed E-state index contributed by atoms with van der Waals surface area (Å²) in [5.74, 6) is -0.326. The van der Waals surface area contributed by atoms with Crippen molar-refractivity contribution in [3.05, 3.63) is 64.1 Å². The van der Waals surface area contributed by atoms with Gasteiger partial charge in [-0.15, -0.1) is 0 Å². The lowest BCUT2D eigenvalue weighted by molar-refractivity contribution is 0.0918. The van der Waals surface area contributed by atoms with Crippen molar-refractivity contribution in [3.63, 3.8) is 0 Å². The number of hydrogen-bond acceptors (Lipinski definition) is 5. The van der Waals surface area contributed by atoms with Crippen LogP contribution in [0.5, 0.6) is 11.5 Å². The third-order valence-corrected chi connectivity index (χ3v) is 7.99. The molecule has 0 amide bonds. The topological polar surface area (TPSA) is 55.8 Å². The zero-order chi connectivity index (χ0) is 23.1. The Balaban J connectivity index is 1.51. The molecule has 0 saturated carbocycles. The summed E-state index contributed by atoms with van der Waals surface area (Å²) in [5, 5.41) is 0. The van der Waals surface area contributed by atoms with E-state index >= 15 is 4.39 Å². The molecule has 0 atom stereocenters. The molecule has 172 valence electrons. The number of fused-ring (bicyclic) bond motifs is 1. The Morgan fingerprint density at radius 3 is 2.38 bits per heavy atom. The Bertz CT molecular complexity index is 1170. The van der Waals surface area contributed by atoms with E-state index in [0.717, 1.165) is 18.2 Å². The Kier molecular flexibility index (Phi) is 5.98. The van der Waals surface area contributed by atoms with Crippen molar-refractivity contribution in [2.24, 2.45) is 0 Å². The maximum atomic E-state index is 15.6. The van der Waals surface area contributed by atoms with Gasteiger partial charge in [-0.3, -0.25) is 4.90 Å². The molecule has 2 aromatic rings. The fraction of sp³-hybridized carbons (Fsp3) is 0.391. The van der Waals surface area contributed by atoms with Gasteiger partial charge >= 0.3 is 0 Å². The summed E-state index contributed by atoms with van der Waals surface area (Å²) in [4.78, 5) is 1.96. The van der Waals surface area contributed by atoms with E-state index in [-0.39, 0.29) is 41.2 Å². The van der Waals surface area contributed by atoms with Crippen LogP contribution in [0.1, 0.15) is 24.0 Å². The molecule has 0 N–H and O–H groups in total. The zero-order valence-electron chi connectivity index (χ0n) is 17.8. The van der Waals surface area contributed by atoms with E-state index < -0.39 is 27.1 Å². The number of likely N-dealkylation sites (tertiary alicyclic amines) is 1. The molecular formula is C23H24F3NO4S. The van der Waals surface area contributed by atoms with Gasteiger partial charge in [0.05, 0.1) is 24.0 Å². The first-order chi connectivity index (χ1) is 15.1. The van der Waals surface area contributed by atoms with Gasteiger partial charge in [-0.05, 0) is 48.7 Å². The van der Waals surface area contributed by atoms with Gasteiger partial charge in [-0.2, -0.15) is 0 Å². The third kappa shape index (κ3) is 4.23. The minimum atomic E-state index is -3.83. The van der Waals surface area contributed by atoms with Gasteiger partial charge in [0.25, 0.3) is 0 Å². The number of sulfone groups is 1. The van der Waals surface area contributed by atoms with Crippen molar-refractivity contribution in [2.75, 3.05) is 27.3 Å². The summed E-state index contributed by atoms with van der Waals surface area (Å²) in [6, 6.07) is 6.28. The van der Waals surface area contributed by atoms with Gasteiger partial charge in [0.2, 0.25) is 9.84 Å². The van der Waals surface area contributed by atoms with Crippen LogP contribution in [0, 0.1) is 11.6 Å². The summed E-state index contributed by atoms with van der Waals surface area (Å²) in [6.45, 7) is 0.759. The Hall–Kier alpha value is -2.52. The lowest BCUT2D eigenvalue weighted by Crippen LogP contribution is -2.40. The van der Waals surface area contributed by atoms with Gasteiger partial charge in [0.15, 0.2) is 11.5 Å². The standard InChI is InChI=1S/C23H24F3NO4S/c1-30-20-11-15-10-18(32(28,29)22(15)12-21(20)31-2)13-23(26)5-7-27(8-6-23)14-16-9-17(24)3-4-19(16)25/h3-4,9,11-13H,5-8,10,14H2,1-2H3. The van der Waals surface area contributed by atoms with Gasteiger partial charge in [-0.1, -0.05) is 0 Å². The molecule has 0 radical (unpaired) electrons. The van der Waals surface area contributed by atoms with Crippen LogP contribution in [0.25, 0.3) is 0 Å². The number of allylic oxidation sites excluding steroid dienone is 2. The van der Waals surface area contributed by atoms with E-state index in [1.54, 1.807) is 6.07 Å². The summed E-state index contributed by atoms with van der Waals surface area (Å²) >= 11 is 0. The molecule has 2 aliphatic heterocycles. The molecule has 4 rings (SSSR count). The van der Waals surface area contributed by atoms with Crippen LogP contribution >= 0.6 is 0 Å². The van der Waals surface area contributed by atoms with Crippen LogP contribution < -0.4 is 9.47 Å². The number of piperidine rings is 1. The highest BCUT2D eigenvalue weighted by molar-refractivity contribution is 7.95. The number of halogens is 3. The highest BCUT2D eigenvalue weighted by atomic mass is 32.2. The third-order valence-electron chi connectivity index (χ3n) is 6.07. The molecule has 1 fully saturated rings. The molecule has 2 aromatic carbocycles. The Morgan fingerprint density at radius 1 is 1.06 bits per heavy atom. The SMILES string of the molecule is COc1cc2c(cc1OC)S(=O)(=O)C(=CC1(F)CCN(Cc3cc(F)ccc3F)CC1)C2. The predicted octanol–water partition coefficient (Wildman–Crippen LogP) is 4.20. The molecule has 2 aliphatic rings. The second-order valence-corrected chi connectivity index (χ2v) is 10.1. The smallest absolute Gasteiger partial charge is 0.203 e. The first-order valence-corrected chi connectivity index (χ1v) is 11.7. The largest absolute Gasteiger partial charge is 0.493 e. The predicted molar refractivity (Wildman–Crippen MR) is 113 cm³/mol. The number of methoxy groups -OCH3 is 2. The molecule has 32 heavy (non-hydrogen) atoms. The number of rotatable bonds is 5. The van der Waals surface area contributed by atoms with Crippen LogP contribution in [-0.2, 0) is 22.8 Å². The highest BCUT2D eigenvalue weighted by Gasteiger charge is 2.39. The highest BCUT2D eigenvalue weighted by Crippen LogP contribution is 2.43. The molecular weight excluding hydrogens is 443 g/mol. The fourth-order valence-electron chi connectivity index (χ4n) is 4.26. The Morgan fingerprint density at radius 2 is 1.72 bits per heavy atom. The van der Waals surface area contributed by atoms with Gasteiger partial charge in [0, 0.05) is 37.7 Å². The minimum Gasteiger partial charge on any atom is -0.493 e. The zero-order valence-corrected chi connectivity index (χ0v) is 18.6. The van der Waals surface area contributed by atoms with Crippen LogP contribution in [0.3, 0.4) is 0 Å². The number of benzene rings is 2. The van der Waals surface area contributed by atoms with E-state index in [4.69, 9.17) is 9.47 Å². The summed E-state index contributed by atoms with van der Waals surface area (Å²) in [5.41, 5.74) is -1.04. The van der Waals surface area contributed by atoms with Crippen molar-refractivity contribution in [2.45, 2.75) is 36.4 Å². The molecule has 0 unspecified atom stereocenters. The number of alkyl halides is 1. The molecule has 5 nitrogen and oxygen atoms in total. The van der Waals surface area contributed by atoms with E-state index in [2.05, 4.69) is 0 Å². The monoisotopic (exact) mass is 467 g/mol. The van der Waals surface area contributed by atoms with Crippen molar-refractivity contribution in [3.8, 4) is 11.5 Å². The fourth-order valence-corrected chi connectivity index (χ4v) is 6.00. The number of hydrogen-bond donors (Lipinski definition) is 0. The number of nitrogens with zero attached hydrogens (tertiary/aromatic N) is 1. The lowest BCUT2D eigenvalue weighted by Gasteiger charge is -2.35. The average Bonchev–Trinajstić information content (AvgIpc) is 3.00. The maximum Gasteiger partial charge on any atom is 0.203 e. The van der Waals surface area contributed by atoms with Gasteiger partial charge < -0.3 is 9.47 Å². The first-order valence-electron chi connectivity index (χ1n) is 10.2. The molecule has 0 spiro atoms. The molecule has 0 bridgehead atoms. The second kappa shape index (κ2) is 8.44. The summed E-state index contributed by atoms with van der Waals surface area (Å²) < 4.78 is 79.4. The minimum absolute atomic E-state index is 0.0231. The van der Waals surface area contributed by atoms with E-state index in [1.807, 2.05) is 4.90 Å². The normalized spacial score (nSPS) is 20.8. The van der Waals surface area contributed by atoms with E-state index in [9.17, 15) is 17.2 Å². The molecule has 0 aromatic heterocycles. The maximum absolute atomic E-state index is 15.6. The van der Waals surface area contributed by atoms with Crippen molar-refractivity contribution >= 4 is 9.84 Å². The summed E-state index contributed by atoms with van der Waals surface area (Å²) in [6.07, 6.45) is 1.43. The molecule has 1 saturated heterocycles. The van der Waals surface area contributed by atoms with Crippen LogP contribution in [0.15, 0.2) is 46.2 Å². The van der Waals surface area contributed by atoms with Crippen molar-refractivity contribution in [1.82, 2.24) is 4.90 Å². The van der Waals surface area contributed by atoms with Crippen molar-refractivity contribution in [1.29, 1.82) is 0 Å². The Labute approximate surface area is 185 Å². The molecule has 9 heteroatoms. The second-order valence-electron chi connectivity index (χ2n) is 8.15. The van der Waals surface area contributed by atoms with Crippen LogP contribution in [0.4, 0.5) is 13.2 Å².